The molecule has 156 valence electrons. The van der Waals surface area contributed by atoms with E-state index < -0.39 is 12.6 Å². The maximum absolute atomic E-state index is 9.22. The van der Waals surface area contributed by atoms with Crippen molar-refractivity contribution in [1.29, 1.82) is 0 Å². The first-order valence-corrected chi connectivity index (χ1v) is 8.86. The molecule has 10 heteroatoms. The monoisotopic (exact) mass is 384 g/mol. The lowest BCUT2D eigenvalue weighted by atomic mass is 10.6. The van der Waals surface area contributed by atoms with Crippen LogP contribution in [-0.2, 0) is 37.9 Å². The van der Waals surface area contributed by atoms with Crippen LogP contribution in [0.3, 0.4) is 0 Å². The molecule has 1 aliphatic heterocycles. The molecule has 1 rings (SSSR count). The molecule has 2 N–H and O–H groups in total. The van der Waals surface area contributed by atoms with Crippen molar-refractivity contribution in [2.24, 2.45) is 0 Å². The molecule has 10 nitrogen and oxygen atoms in total. The molecule has 1 fully saturated rings. The lowest BCUT2D eigenvalue weighted by Gasteiger charge is -2.25. The summed E-state index contributed by atoms with van der Waals surface area (Å²) in [7, 11) is 0. The van der Waals surface area contributed by atoms with Crippen LogP contribution in [0.5, 0.6) is 0 Å². The average molecular weight is 384 g/mol. The van der Waals surface area contributed by atoms with Gasteiger partial charge in [0.1, 0.15) is 0 Å². The van der Waals surface area contributed by atoms with Crippen molar-refractivity contribution in [1.82, 2.24) is 0 Å². The van der Waals surface area contributed by atoms with Crippen molar-refractivity contribution in [2.75, 3.05) is 92.5 Å². The third kappa shape index (κ3) is 13.8. The maximum atomic E-state index is 9.22. The molecule has 0 aliphatic carbocycles. The van der Waals surface area contributed by atoms with Crippen molar-refractivity contribution >= 4 is 0 Å². The van der Waals surface area contributed by atoms with Crippen LogP contribution in [0, 0.1) is 0 Å². The Balaban J connectivity index is 1.97. The fraction of sp³-hybridized carbons (Fsp3) is 1.00. The van der Waals surface area contributed by atoms with Crippen molar-refractivity contribution < 1.29 is 48.1 Å². The van der Waals surface area contributed by atoms with Crippen LogP contribution in [0.4, 0.5) is 0 Å². The molecule has 0 aromatic heterocycles. The van der Waals surface area contributed by atoms with Crippen molar-refractivity contribution in [3.05, 3.63) is 0 Å². The zero-order valence-electron chi connectivity index (χ0n) is 15.2. The van der Waals surface area contributed by atoms with Crippen molar-refractivity contribution in [3.8, 4) is 0 Å². The summed E-state index contributed by atoms with van der Waals surface area (Å²) in [5.41, 5.74) is 0. The van der Waals surface area contributed by atoms with E-state index in [1.807, 2.05) is 0 Å². The second-order valence-corrected chi connectivity index (χ2v) is 5.17. The van der Waals surface area contributed by atoms with Gasteiger partial charge < -0.3 is 48.1 Å². The summed E-state index contributed by atoms with van der Waals surface area (Å²) in [5, 5.41) is 17.8. The third-order valence-corrected chi connectivity index (χ3v) is 3.12. The Morgan fingerprint density at radius 3 is 1.77 bits per heavy atom. The van der Waals surface area contributed by atoms with Crippen LogP contribution in [0.2, 0.25) is 0 Å². The van der Waals surface area contributed by atoms with Crippen LogP contribution in [0.15, 0.2) is 0 Å². The van der Waals surface area contributed by atoms with Gasteiger partial charge in [0.25, 0.3) is 0 Å². The fourth-order valence-electron chi connectivity index (χ4n) is 1.91. The van der Waals surface area contributed by atoms with Gasteiger partial charge in [0.2, 0.25) is 0 Å². The van der Waals surface area contributed by atoms with Gasteiger partial charge in [-0.3, -0.25) is 0 Å². The molecule has 1 heterocycles. The van der Waals surface area contributed by atoms with E-state index in [-0.39, 0.29) is 19.8 Å². The molecule has 0 spiro atoms. The van der Waals surface area contributed by atoms with Crippen LogP contribution in [0.25, 0.3) is 0 Å². The molecule has 1 aliphatic rings. The summed E-state index contributed by atoms with van der Waals surface area (Å²) in [4.78, 5) is 0. The van der Waals surface area contributed by atoms with Gasteiger partial charge >= 0.3 is 0 Å². The molecular weight excluding hydrogens is 352 g/mol. The molecule has 0 amide bonds. The number of aliphatic hydroxyl groups is 2. The molecule has 26 heavy (non-hydrogen) atoms. The summed E-state index contributed by atoms with van der Waals surface area (Å²) >= 11 is 0. The molecule has 1 saturated heterocycles. The minimum absolute atomic E-state index is 0.0154. The lowest BCUT2D eigenvalue weighted by molar-refractivity contribution is -0.278. The zero-order chi connectivity index (χ0) is 18.7. The number of ether oxygens (including phenoxy) is 8. The number of hydrogen-bond acceptors (Lipinski definition) is 10. The lowest BCUT2D eigenvalue weighted by Crippen LogP contribution is -2.35. The van der Waals surface area contributed by atoms with Gasteiger partial charge in [-0.05, 0) is 0 Å². The predicted molar refractivity (Wildman–Crippen MR) is 88.8 cm³/mol. The van der Waals surface area contributed by atoms with E-state index in [2.05, 4.69) is 0 Å². The average Bonchev–Trinajstić information content (AvgIpc) is 2.67. The van der Waals surface area contributed by atoms with Crippen LogP contribution in [0.1, 0.15) is 0 Å². The second kappa shape index (κ2) is 18.0. The van der Waals surface area contributed by atoms with Crippen LogP contribution in [-0.4, -0.2) is 115 Å². The quantitative estimate of drug-likeness (QED) is 0.353. The number of aliphatic hydroxyl groups excluding tert-OH is 2. The van der Waals surface area contributed by atoms with Crippen LogP contribution < -0.4 is 0 Å². The van der Waals surface area contributed by atoms with E-state index >= 15 is 0 Å². The molecule has 0 aromatic rings. The minimum atomic E-state index is -0.764. The summed E-state index contributed by atoms with van der Waals surface area (Å²) in [6, 6.07) is 0. The molecule has 2 atom stereocenters. The summed E-state index contributed by atoms with van der Waals surface area (Å²) in [6.07, 6.45) is -1.41. The largest absolute Gasteiger partial charge is 0.394 e. The highest BCUT2D eigenvalue weighted by atomic mass is 16.8. The number of rotatable bonds is 14. The molecule has 0 bridgehead atoms. The van der Waals surface area contributed by atoms with E-state index in [1.54, 1.807) is 0 Å². The highest BCUT2D eigenvalue weighted by Crippen LogP contribution is 2.05. The Morgan fingerprint density at radius 2 is 1.19 bits per heavy atom. The summed E-state index contributed by atoms with van der Waals surface area (Å²) in [6.45, 7) is 4.51. The molecule has 0 aromatic carbocycles. The summed E-state index contributed by atoms with van der Waals surface area (Å²) < 4.78 is 42.8. The topological polar surface area (TPSA) is 114 Å². The highest BCUT2D eigenvalue weighted by Gasteiger charge is 2.18. The Hall–Kier alpha value is -0.400. The van der Waals surface area contributed by atoms with Gasteiger partial charge in [-0.1, -0.05) is 0 Å². The zero-order valence-corrected chi connectivity index (χ0v) is 15.2. The smallest absolute Gasteiger partial charge is 0.184 e. The van der Waals surface area contributed by atoms with Crippen molar-refractivity contribution in [3.63, 3.8) is 0 Å². The van der Waals surface area contributed by atoms with Gasteiger partial charge in [0, 0.05) is 0 Å². The first-order chi connectivity index (χ1) is 12.9. The Labute approximate surface area is 154 Å². The second-order valence-electron chi connectivity index (χ2n) is 5.17. The Morgan fingerprint density at radius 1 is 0.654 bits per heavy atom. The van der Waals surface area contributed by atoms with Gasteiger partial charge in [-0.2, -0.15) is 0 Å². The third-order valence-electron chi connectivity index (χ3n) is 3.12. The highest BCUT2D eigenvalue weighted by molar-refractivity contribution is 4.50. The first kappa shape index (κ1) is 23.6. The SMILES string of the molecule is OCCOCCOCCOCCOCC1OCCOCCOC(CO)O1. The first-order valence-electron chi connectivity index (χ1n) is 8.86. The minimum Gasteiger partial charge on any atom is -0.394 e. The van der Waals surface area contributed by atoms with Crippen LogP contribution >= 0.6 is 0 Å². The molecule has 0 saturated carbocycles. The van der Waals surface area contributed by atoms with Gasteiger partial charge in [-0.25, -0.2) is 0 Å². The van der Waals surface area contributed by atoms with E-state index in [1.165, 1.54) is 0 Å². The van der Waals surface area contributed by atoms with E-state index in [9.17, 15) is 5.11 Å². The molecule has 2 unspecified atom stereocenters. The Kier molecular flexibility index (Phi) is 16.4. The summed E-state index contributed by atoms with van der Waals surface area (Å²) in [5.74, 6) is 0. The van der Waals surface area contributed by atoms with E-state index in [0.717, 1.165) is 0 Å². The fourth-order valence-corrected chi connectivity index (χ4v) is 1.91. The maximum Gasteiger partial charge on any atom is 0.184 e. The van der Waals surface area contributed by atoms with Gasteiger partial charge in [-0.15, -0.1) is 0 Å². The molecular formula is C16H32O10. The predicted octanol–water partition coefficient (Wildman–Crippen LogP) is -1.23. The van der Waals surface area contributed by atoms with Gasteiger partial charge in [0.05, 0.1) is 92.5 Å². The number of hydrogen-bond donors (Lipinski definition) is 2. The van der Waals surface area contributed by atoms with Gasteiger partial charge in [0.15, 0.2) is 12.6 Å². The Bertz CT molecular complexity index is 294. The molecule has 0 radical (unpaired) electrons. The standard InChI is InChI=1S/C16H32O10/c17-1-2-19-3-4-20-5-6-21-7-8-23-14-16-25-12-10-22-9-11-24-15(13-18)26-16/h15-18H,1-14H2. The van der Waals surface area contributed by atoms with E-state index in [0.29, 0.717) is 72.7 Å². The van der Waals surface area contributed by atoms with Crippen molar-refractivity contribution in [2.45, 2.75) is 12.6 Å². The van der Waals surface area contributed by atoms with E-state index in [4.69, 9.17) is 43.0 Å². The normalized spacial score (nSPS) is 22.4.